The zero-order valence-corrected chi connectivity index (χ0v) is 12.8. The summed E-state index contributed by atoms with van der Waals surface area (Å²) >= 11 is 0. The number of aliphatic hydroxyl groups excluding tert-OH is 1. The van der Waals surface area contributed by atoms with Crippen LogP contribution < -0.4 is 10.2 Å². The number of anilines is 2. The number of likely N-dealkylation sites (tertiary alicyclic amines) is 1. The number of benzene rings is 1. The van der Waals surface area contributed by atoms with Crippen molar-refractivity contribution in [3.05, 3.63) is 24.3 Å². The van der Waals surface area contributed by atoms with E-state index in [0.717, 1.165) is 12.1 Å². The van der Waals surface area contributed by atoms with Gasteiger partial charge in [-0.05, 0) is 18.1 Å². The van der Waals surface area contributed by atoms with E-state index in [1.54, 1.807) is 15.9 Å². The van der Waals surface area contributed by atoms with Crippen LogP contribution in [-0.2, 0) is 4.79 Å². The number of nitrogens with zero attached hydrogens (tertiary/aromatic N) is 2. The van der Waals surface area contributed by atoms with Crippen LogP contribution in [0.2, 0.25) is 0 Å². The van der Waals surface area contributed by atoms with Gasteiger partial charge in [0.2, 0.25) is 5.91 Å². The van der Waals surface area contributed by atoms with E-state index in [2.05, 4.69) is 5.32 Å². The highest BCUT2D eigenvalue weighted by molar-refractivity contribution is 6.11. The maximum absolute atomic E-state index is 12.8. The molecule has 118 valence electrons. The van der Waals surface area contributed by atoms with Crippen LogP contribution in [0.4, 0.5) is 16.2 Å². The number of carbonyl (C=O) groups excluding carboxylic acids is 2. The zero-order valence-electron chi connectivity index (χ0n) is 12.8. The van der Waals surface area contributed by atoms with Gasteiger partial charge in [-0.3, -0.25) is 9.69 Å². The smallest absolute Gasteiger partial charge is 0.325 e. The largest absolute Gasteiger partial charge is 0.389 e. The Kier molecular flexibility index (Phi) is 3.78. The summed E-state index contributed by atoms with van der Waals surface area (Å²) in [5.41, 5.74) is 1.38. The second kappa shape index (κ2) is 5.61. The molecular weight excluding hydrogens is 282 g/mol. The molecule has 2 atom stereocenters. The molecule has 6 heteroatoms. The van der Waals surface area contributed by atoms with Gasteiger partial charge in [0.05, 0.1) is 30.6 Å². The Morgan fingerprint density at radius 1 is 1.41 bits per heavy atom. The molecule has 1 aromatic carbocycles. The van der Waals surface area contributed by atoms with Crippen molar-refractivity contribution < 1.29 is 14.7 Å². The van der Waals surface area contributed by atoms with E-state index < -0.39 is 12.1 Å². The van der Waals surface area contributed by atoms with Crippen LogP contribution in [-0.4, -0.2) is 47.2 Å². The fourth-order valence-corrected chi connectivity index (χ4v) is 2.99. The lowest BCUT2D eigenvalue weighted by atomic mass is 9.94. The van der Waals surface area contributed by atoms with Crippen LogP contribution in [0.15, 0.2) is 24.3 Å². The number of fused-ring (bicyclic) bond motifs is 1. The van der Waals surface area contributed by atoms with Crippen molar-refractivity contribution in [1.82, 2.24) is 4.90 Å². The van der Waals surface area contributed by atoms with Crippen LogP contribution >= 0.6 is 0 Å². The van der Waals surface area contributed by atoms with Gasteiger partial charge in [-0.15, -0.1) is 0 Å². The fourth-order valence-electron chi connectivity index (χ4n) is 2.99. The van der Waals surface area contributed by atoms with Gasteiger partial charge in [0.25, 0.3) is 0 Å². The van der Waals surface area contributed by atoms with Gasteiger partial charge >= 0.3 is 6.03 Å². The minimum absolute atomic E-state index is 0.0449. The Morgan fingerprint density at radius 3 is 2.73 bits per heavy atom. The Morgan fingerprint density at radius 2 is 2.09 bits per heavy atom. The summed E-state index contributed by atoms with van der Waals surface area (Å²) in [4.78, 5) is 28.5. The highest BCUT2D eigenvalue weighted by Gasteiger charge is 2.43. The van der Waals surface area contributed by atoms with Gasteiger partial charge in [-0.25, -0.2) is 4.79 Å². The van der Waals surface area contributed by atoms with Crippen LogP contribution in [0.3, 0.4) is 0 Å². The second-order valence-corrected chi connectivity index (χ2v) is 6.05. The number of rotatable bonds is 2. The van der Waals surface area contributed by atoms with E-state index in [-0.39, 0.29) is 17.9 Å². The van der Waals surface area contributed by atoms with E-state index in [4.69, 9.17) is 0 Å². The second-order valence-electron chi connectivity index (χ2n) is 6.05. The Balaban J connectivity index is 1.99. The average Bonchev–Trinajstić information content (AvgIpc) is 2.49. The molecule has 22 heavy (non-hydrogen) atoms. The van der Waals surface area contributed by atoms with Gasteiger partial charge in [-0.1, -0.05) is 32.4 Å². The van der Waals surface area contributed by atoms with E-state index in [9.17, 15) is 14.7 Å². The first kappa shape index (κ1) is 14.8. The summed E-state index contributed by atoms with van der Waals surface area (Å²) in [6.45, 7) is 4.64. The third-order valence-corrected chi connectivity index (χ3v) is 4.49. The summed E-state index contributed by atoms with van der Waals surface area (Å²) < 4.78 is 0. The lowest BCUT2D eigenvalue weighted by Gasteiger charge is -2.45. The summed E-state index contributed by atoms with van der Waals surface area (Å²) in [6, 6.07) is 6.60. The maximum atomic E-state index is 12.8. The van der Waals surface area contributed by atoms with Crippen LogP contribution in [0.5, 0.6) is 0 Å². The summed E-state index contributed by atoms with van der Waals surface area (Å²) in [7, 11) is 0. The molecule has 0 saturated carbocycles. The molecule has 0 aliphatic carbocycles. The molecule has 3 rings (SSSR count). The van der Waals surface area contributed by atoms with E-state index in [1.807, 2.05) is 32.0 Å². The van der Waals surface area contributed by atoms with Crippen molar-refractivity contribution >= 4 is 23.3 Å². The first-order chi connectivity index (χ1) is 10.5. The highest BCUT2D eigenvalue weighted by atomic mass is 16.3. The number of hydrogen-bond acceptors (Lipinski definition) is 3. The van der Waals surface area contributed by atoms with Crippen LogP contribution in [0.25, 0.3) is 0 Å². The van der Waals surface area contributed by atoms with Crippen molar-refractivity contribution in [3.63, 3.8) is 0 Å². The number of β-amino-alcohol motifs (C(OH)–C–C–N with tert-alkyl or cyclic N) is 1. The van der Waals surface area contributed by atoms with E-state index >= 15 is 0 Å². The van der Waals surface area contributed by atoms with Crippen molar-refractivity contribution in [1.29, 1.82) is 0 Å². The molecule has 0 spiro atoms. The number of amides is 3. The first-order valence-electron chi connectivity index (χ1n) is 7.69. The van der Waals surface area contributed by atoms with E-state index in [0.29, 0.717) is 18.8 Å². The van der Waals surface area contributed by atoms with Crippen molar-refractivity contribution in [3.8, 4) is 0 Å². The Hall–Kier alpha value is -2.08. The maximum Gasteiger partial charge on any atom is 0.325 e. The molecule has 1 saturated heterocycles. The molecule has 0 unspecified atom stereocenters. The number of para-hydroxylation sites is 2. The number of urea groups is 1. The number of carbonyl (C=O) groups is 2. The lowest BCUT2D eigenvalue weighted by molar-refractivity contribution is -0.118. The van der Waals surface area contributed by atoms with E-state index in [1.165, 1.54) is 0 Å². The fraction of sp³-hybridized carbons (Fsp3) is 0.500. The molecule has 2 heterocycles. The monoisotopic (exact) mass is 303 g/mol. The lowest BCUT2D eigenvalue weighted by Crippen LogP contribution is -2.63. The van der Waals surface area contributed by atoms with Gasteiger partial charge in [0.15, 0.2) is 0 Å². The summed E-state index contributed by atoms with van der Waals surface area (Å²) in [5.74, 6) is -0.106. The van der Waals surface area contributed by atoms with Crippen molar-refractivity contribution in [2.75, 3.05) is 23.3 Å². The third-order valence-electron chi connectivity index (χ3n) is 4.49. The zero-order chi connectivity index (χ0) is 15.9. The summed E-state index contributed by atoms with van der Waals surface area (Å²) in [5, 5.41) is 12.3. The molecule has 2 N–H and O–H groups in total. The minimum atomic E-state index is -0.523. The van der Waals surface area contributed by atoms with Crippen LogP contribution in [0.1, 0.15) is 20.3 Å². The number of nitrogens with one attached hydrogen (secondary N) is 1. The van der Waals surface area contributed by atoms with Crippen molar-refractivity contribution in [2.45, 2.75) is 32.4 Å². The van der Waals surface area contributed by atoms with Gasteiger partial charge in [0.1, 0.15) is 6.04 Å². The van der Waals surface area contributed by atoms with Crippen LogP contribution in [0, 0.1) is 5.92 Å². The Bertz CT molecular complexity index is 598. The molecule has 1 fully saturated rings. The number of aliphatic hydroxyl groups is 1. The quantitative estimate of drug-likeness (QED) is 0.872. The standard InChI is InChI=1S/C16H21N3O3/c1-3-10(2)14-15(21)17-12-6-4-5-7-13(12)19(14)16(22)18-8-11(20)9-18/h4-7,10-11,14,20H,3,8-9H2,1-2H3,(H,17,21)/t10-,14-/m0/s1. The van der Waals surface area contributed by atoms with Gasteiger partial charge < -0.3 is 15.3 Å². The number of hydrogen-bond donors (Lipinski definition) is 2. The van der Waals surface area contributed by atoms with Gasteiger partial charge in [-0.2, -0.15) is 0 Å². The first-order valence-corrected chi connectivity index (χ1v) is 7.69. The topological polar surface area (TPSA) is 72.9 Å². The predicted octanol–water partition coefficient (Wildman–Crippen LogP) is 1.66. The Labute approximate surface area is 129 Å². The molecule has 0 aromatic heterocycles. The molecule has 1 aromatic rings. The third kappa shape index (κ3) is 2.33. The molecule has 2 aliphatic rings. The molecule has 0 bridgehead atoms. The van der Waals surface area contributed by atoms with Crippen molar-refractivity contribution in [2.24, 2.45) is 5.92 Å². The minimum Gasteiger partial charge on any atom is -0.389 e. The molecule has 3 amide bonds. The average molecular weight is 303 g/mol. The normalized spacial score (nSPS) is 22.7. The van der Waals surface area contributed by atoms with Gasteiger partial charge in [0, 0.05) is 0 Å². The predicted molar refractivity (Wildman–Crippen MR) is 83.8 cm³/mol. The molecule has 2 aliphatic heterocycles. The molecule has 0 radical (unpaired) electrons. The molecular formula is C16H21N3O3. The molecule has 6 nitrogen and oxygen atoms in total. The summed E-state index contributed by atoms with van der Waals surface area (Å²) in [6.07, 6.45) is 0.340. The SMILES string of the molecule is CC[C@H](C)[C@H]1C(=O)Nc2ccccc2N1C(=O)N1CC(O)C1. The highest BCUT2D eigenvalue weighted by Crippen LogP contribution is 2.36.